The number of nitrogens with zero attached hydrogens (tertiary/aromatic N) is 2. The maximum absolute atomic E-state index is 12.8. The van der Waals surface area contributed by atoms with Crippen LogP contribution in [0.5, 0.6) is 0 Å². The van der Waals surface area contributed by atoms with Crippen molar-refractivity contribution >= 4 is 9.84 Å². The number of rotatable bonds is 2. The maximum atomic E-state index is 12.8. The van der Waals surface area contributed by atoms with Crippen LogP contribution < -0.4 is 0 Å². The molecule has 0 radical (unpaired) electrons. The van der Waals surface area contributed by atoms with Gasteiger partial charge in [-0.25, -0.2) is 8.42 Å². The Morgan fingerprint density at radius 2 is 1.85 bits per heavy atom. The topological polar surface area (TPSA) is 50.3 Å². The predicted octanol–water partition coefficient (Wildman–Crippen LogP) is 3.56. The fourth-order valence-corrected chi connectivity index (χ4v) is 7.54. The second-order valence-electron chi connectivity index (χ2n) is 8.68. The standard InChI is InChI=1S/C19H25F3N2O2S/c1-13-8-15(19(20,21)22)9-23-17(13)14-2-4-16(5-3-14)24-7-6-18(10-24)11-27(25,26)12-18/h8-9,14,16H,2-7,10-12H2,1H3. The number of pyridine rings is 1. The zero-order valence-corrected chi connectivity index (χ0v) is 16.2. The highest BCUT2D eigenvalue weighted by atomic mass is 32.2. The van der Waals surface area contributed by atoms with Gasteiger partial charge in [-0.15, -0.1) is 0 Å². The molecule has 1 aliphatic carbocycles. The van der Waals surface area contributed by atoms with E-state index in [9.17, 15) is 21.6 Å². The summed E-state index contributed by atoms with van der Waals surface area (Å²) >= 11 is 0. The molecule has 2 aliphatic heterocycles. The van der Waals surface area contributed by atoms with Crippen LogP contribution in [0.2, 0.25) is 0 Å². The zero-order valence-electron chi connectivity index (χ0n) is 15.4. The number of alkyl halides is 3. The van der Waals surface area contributed by atoms with Crippen LogP contribution in [0.4, 0.5) is 13.2 Å². The highest BCUT2D eigenvalue weighted by molar-refractivity contribution is 7.92. The molecule has 27 heavy (non-hydrogen) atoms. The normalized spacial score (nSPS) is 30.4. The smallest absolute Gasteiger partial charge is 0.300 e. The van der Waals surface area contributed by atoms with E-state index in [1.807, 2.05) is 0 Å². The number of aromatic nitrogens is 1. The molecular formula is C19H25F3N2O2S. The van der Waals surface area contributed by atoms with Crippen LogP contribution in [0.25, 0.3) is 0 Å². The van der Waals surface area contributed by atoms with Crippen molar-refractivity contribution < 1.29 is 21.6 Å². The van der Waals surface area contributed by atoms with E-state index >= 15 is 0 Å². The van der Waals surface area contributed by atoms with Gasteiger partial charge >= 0.3 is 6.18 Å². The van der Waals surface area contributed by atoms with Crippen molar-refractivity contribution in [3.05, 3.63) is 29.1 Å². The minimum absolute atomic E-state index is 0.0126. The van der Waals surface area contributed by atoms with Crippen LogP contribution >= 0.6 is 0 Å². The lowest BCUT2D eigenvalue weighted by atomic mass is 9.82. The number of sulfone groups is 1. The SMILES string of the molecule is Cc1cc(C(F)(F)F)cnc1C1CCC(N2CCC3(C2)CS(=O)(=O)C3)CC1. The number of likely N-dealkylation sites (tertiary alicyclic amines) is 1. The van der Waals surface area contributed by atoms with Crippen LogP contribution in [-0.4, -0.2) is 48.9 Å². The van der Waals surface area contributed by atoms with Gasteiger partial charge in [0, 0.05) is 35.8 Å². The summed E-state index contributed by atoms with van der Waals surface area (Å²) in [7, 11) is -2.81. The molecule has 150 valence electrons. The number of aryl methyl sites for hydroxylation is 1. The van der Waals surface area contributed by atoms with E-state index < -0.39 is 21.6 Å². The van der Waals surface area contributed by atoms with Crippen molar-refractivity contribution in [1.29, 1.82) is 0 Å². The van der Waals surface area contributed by atoms with E-state index in [0.717, 1.165) is 57.1 Å². The molecule has 0 bridgehead atoms. The zero-order chi connectivity index (χ0) is 19.4. The van der Waals surface area contributed by atoms with Crippen LogP contribution in [0.1, 0.15) is 54.8 Å². The lowest BCUT2D eigenvalue weighted by molar-refractivity contribution is -0.137. The molecule has 3 heterocycles. The lowest BCUT2D eigenvalue weighted by Gasteiger charge is -2.40. The van der Waals surface area contributed by atoms with Gasteiger partial charge in [0.25, 0.3) is 0 Å². The van der Waals surface area contributed by atoms with E-state index in [4.69, 9.17) is 0 Å². The lowest BCUT2D eigenvalue weighted by Crippen LogP contribution is -2.51. The third kappa shape index (κ3) is 3.75. The second-order valence-corrected chi connectivity index (χ2v) is 10.7. The van der Waals surface area contributed by atoms with Crippen LogP contribution in [-0.2, 0) is 16.0 Å². The molecule has 0 amide bonds. The van der Waals surface area contributed by atoms with Crippen LogP contribution in [0.15, 0.2) is 12.3 Å². The van der Waals surface area contributed by atoms with Crippen molar-refractivity contribution in [3.8, 4) is 0 Å². The molecule has 3 fully saturated rings. The Morgan fingerprint density at radius 3 is 2.41 bits per heavy atom. The predicted molar refractivity (Wildman–Crippen MR) is 96.2 cm³/mol. The largest absolute Gasteiger partial charge is 0.417 e. The van der Waals surface area contributed by atoms with Gasteiger partial charge in [0.15, 0.2) is 9.84 Å². The molecule has 2 saturated heterocycles. The Kier molecular flexibility index (Phi) is 4.57. The van der Waals surface area contributed by atoms with Gasteiger partial charge in [-0.1, -0.05) is 0 Å². The average Bonchev–Trinajstić information content (AvgIpc) is 2.97. The molecular weight excluding hydrogens is 377 g/mol. The molecule has 0 aromatic carbocycles. The third-order valence-electron chi connectivity index (χ3n) is 6.57. The first kappa shape index (κ1) is 19.2. The van der Waals surface area contributed by atoms with Gasteiger partial charge in [0.1, 0.15) is 0 Å². The Hall–Kier alpha value is -1.15. The first-order valence-electron chi connectivity index (χ1n) is 9.55. The Bertz CT molecular complexity index is 818. The average molecular weight is 402 g/mol. The number of hydrogen-bond donors (Lipinski definition) is 0. The quantitative estimate of drug-likeness (QED) is 0.759. The molecule has 0 N–H and O–H groups in total. The number of hydrogen-bond acceptors (Lipinski definition) is 4. The first-order valence-corrected chi connectivity index (χ1v) is 11.4. The molecule has 0 unspecified atom stereocenters. The molecule has 8 heteroatoms. The van der Waals surface area contributed by atoms with Gasteiger partial charge in [-0.3, -0.25) is 9.88 Å². The van der Waals surface area contributed by atoms with Gasteiger partial charge in [0.2, 0.25) is 0 Å². The summed E-state index contributed by atoms with van der Waals surface area (Å²) in [5, 5.41) is 0. The molecule has 4 nitrogen and oxygen atoms in total. The highest BCUT2D eigenvalue weighted by Gasteiger charge is 2.53. The van der Waals surface area contributed by atoms with Crippen molar-refractivity contribution in [2.24, 2.45) is 5.41 Å². The van der Waals surface area contributed by atoms with E-state index in [1.165, 1.54) is 6.07 Å². The van der Waals surface area contributed by atoms with Crippen molar-refractivity contribution in [3.63, 3.8) is 0 Å². The summed E-state index contributed by atoms with van der Waals surface area (Å²) < 4.78 is 61.6. The molecule has 1 aromatic rings. The molecule has 1 aromatic heterocycles. The number of halogens is 3. The molecule has 0 atom stereocenters. The first-order chi connectivity index (χ1) is 12.6. The van der Waals surface area contributed by atoms with Crippen molar-refractivity contribution in [2.45, 2.75) is 57.2 Å². The minimum atomic E-state index is -4.35. The fraction of sp³-hybridized carbons (Fsp3) is 0.737. The monoisotopic (exact) mass is 402 g/mol. The maximum Gasteiger partial charge on any atom is 0.417 e. The van der Waals surface area contributed by atoms with Crippen LogP contribution in [0, 0.1) is 12.3 Å². The summed E-state index contributed by atoms with van der Waals surface area (Å²) in [6.45, 7) is 3.55. The Morgan fingerprint density at radius 1 is 1.19 bits per heavy atom. The van der Waals surface area contributed by atoms with E-state index in [2.05, 4.69) is 9.88 Å². The van der Waals surface area contributed by atoms with Gasteiger partial charge in [0.05, 0.1) is 17.1 Å². The van der Waals surface area contributed by atoms with Crippen LogP contribution in [0.3, 0.4) is 0 Å². The summed E-state index contributed by atoms with van der Waals surface area (Å²) in [5.74, 6) is 0.880. The van der Waals surface area contributed by atoms with Crippen molar-refractivity contribution in [1.82, 2.24) is 9.88 Å². The summed E-state index contributed by atoms with van der Waals surface area (Å²) in [6.07, 6.45) is 1.40. The second kappa shape index (κ2) is 6.44. The van der Waals surface area contributed by atoms with E-state index in [-0.39, 0.29) is 11.3 Å². The minimum Gasteiger partial charge on any atom is -0.300 e. The van der Waals surface area contributed by atoms with E-state index in [1.54, 1.807) is 6.92 Å². The summed E-state index contributed by atoms with van der Waals surface area (Å²) in [6, 6.07) is 1.66. The van der Waals surface area contributed by atoms with Gasteiger partial charge in [-0.05, 0) is 57.2 Å². The molecule has 3 aliphatic rings. The van der Waals surface area contributed by atoms with Gasteiger partial charge in [-0.2, -0.15) is 13.2 Å². The molecule has 1 spiro atoms. The van der Waals surface area contributed by atoms with Crippen molar-refractivity contribution in [2.75, 3.05) is 24.6 Å². The fourth-order valence-electron chi connectivity index (χ4n) is 5.29. The third-order valence-corrected chi connectivity index (χ3v) is 8.67. The Labute approximate surface area is 158 Å². The summed E-state index contributed by atoms with van der Waals surface area (Å²) in [4.78, 5) is 6.59. The Balaban J connectivity index is 1.36. The molecule has 1 saturated carbocycles. The highest BCUT2D eigenvalue weighted by Crippen LogP contribution is 2.44. The van der Waals surface area contributed by atoms with E-state index in [0.29, 0.717) is 23.1 Å². The molecule has 4 rings (SSSR count). The van der Waals surface area contributed by atoms with Gasteiger partial charge < -0.3 is 0 Å². The summed E-state index contributed by atoms with van der Waals surface area (Å²) in [5.41, 5.74) is 0.717.